The SMILES string of the molecule is CCC(C)N(C(=O)c1cc(-c2cccc(C)c2)nc2ccccc12)C(C)CC. The molecule has 2 aromatic carbocycles. The van der Waals surface area contributed by atoms with Gasteiger partial charge in [-0.1, -0.05) is 55.8 Å². The molecule has 0 aliphatic carbocycles. The molecule has 3 rings (SSSR count). The van der Waals surface area contributed by atoms with Crippen molar-refractivity contribution in [2.24, 2.45) is 0 Å². The second-order valence-corrected chi connectivity index (χ2v) is 7.67. The smallest absolute Gasteiger partial charge is 0.255 e. The van der Waals surface area contributed by atoms with E-state index in [-0.39, 0.29) is 18.0 Å². The fourth-order valence-electron chi connectivity index (χ4n) is 3.67. The average Bonchev–Trinajstić information content (AvgIpc) is 2.72. The summed E-state index contributed by atoms with van der Waals surface area (Å²) in [7, 11) is 0. The minimum Gasteiger partial charge on any atom is -0.333 e. The third kappa shape index (κ3) is 3.94. The highest BCUT2D eigenvalue weighted by Crippen LogP contribution is 2.28. The lowest BCUT2D eigenvalue weighted by atomic mass is 10.0. The number of para-hydroxylation sites is 1. The second kappa shape index (κ2) is 8.55. The van der Waals surface area contributed by atoms with Crippen LogP contribution >= 0.6 is 0 Å². The Hall–Kier alpha value is -2.68. The van der Waals surface area contributed by atoms with Crippen LogP contribution in [0.25, 0.3) is 22.2 Å². The fourth-order valence-corrected chi connectivity index (χ4v) is 3.67. The standard InChI is InChI=1S/C25H30N2O/c1-6-18(4)27(19(5)7-2)25(28)22-16-24(20-12-10-11-17(3)15-20)26-23-14-9-8-13-21(22)23/h8-16,18-19H,6-7H2,1-5H3. The first-order chi connectivity index (χ1) is 13.5. The number of carbonyl (C=O) groups excluding carboxylic acids is 1. The zero-order valence-electron chi connectivity index (χ0n) is 17.6. The van der Waals surface area contributed by atoms with Crippen LogP contribution in [0, 0.1) is 6.92 Å². The first kappa shape index (κ1) is 20.1. The number of aromatic nitrogens is 1. The number of aryl methyl sites for hydroxylation is 1. The van der Waals surface area contributed by atoms with Gasteiger partial charge in [-0.05, 0) is 51.8 Å². The van der Waals surface area contributed by atoms with Crippen molar-refractivity contribution in [2.75, 3.05) is 0 Å². The van der Waals surface area contributed by atoms with E-state index in [1.807, 2.05) is 41.3 Å². The van der Waals surface area contributed by atoms with Crippen LogP contribution in [0.1, 0.15) is 56.5 Å². The third-order valence-electron chi connectivity index (χ3n) is 5.63. The molecule has 0 radical (unpaired) electrons. The third-order valence-corrected chi connectivity index (χ3v) is 5.63. The molecule has 146 valence electrons. The van der Waals surface area contributed by atoms with E-state index in [9.17, 15) is 4.79 Å². The van der Waals surface area contributed by atoms with E-state index < -0.39 is 0 Å². The molecule has 1 aromatic heterocycles. The molecule has 2 unspecified atom stereocenters. The predicted octanol–water partition coefficient (Wildman–Crippen LogP) is 6.25. The molecule has 1 heterocycles. The number of amides is 1. The molecule has 0 saturated heterocycles. The van der Waals surface area contributed by atoms with Crippen LogP contribution in [0.3, 0.4) is 0 Å². The van der Waals surface area contributed by atoms with E-state index in [0.29, 0.717) is 0 Å². The first-order valence-corrected chi connectivity index (χ1v) is 10.3. The molecule has 0 aliphatic heterocycles. The molecule has 0 N–H and O–H groups in total. The molecule has 28 heavy (non-hydrogen) atoms. The van der Waals surface area contributed by atoms with E-state index in [1.54, 1.807) is 0 Å². The molecule has 3 heteroatoms. The molecule has 0 spiro atoms. The van der Waals surface area contributed by atoms with Crippen LogP contribution in [0.5, 0.6) is 0 Å². The van der Waals surface area contributed by atoms with Gasteiger partial charge in [-0.15, -0.1) is 0 Å². The van der Waals surface area contributed by atoms with Crippen molar-refractivity contribution in [2.45, 2.75) is 59.5 Å². The topological polar surface area (TPSA) is 33.2 Å². The number of carbonyl (C=O) groups is 1. The Morgan fingerprint density at radius 1 is 0.964 bits per heavy atom. The zero-order valence-corrected chi connectivity index (χ0v) is 17.6. The van der Waals surface area contributed by atoms with Crippen LogP contribution in [0.4, 0.5) is 0 Å². The molecule has 3 nitrogen and oxygen atoms in total. The highest BCUT2D eigenvalue weighted by atomic mass is 16.2. The highest BCUT2D eigenvalue weighted by Gasteiger charge is 2.26. The molecule has 0 aliphatic rings. The van der Waals surface area contributed by atoms with E-state index in [2.05, 4.69) is 52.8 Å². The summed E-state index contributed by atoms with van der Waals surface area (Å²) in [4.78, 5) is 20.6. The molecule has 0 saturated carbocycles. The van der Waals surface area contributed by atoms with Crippen molar-refractivity contribution >= 4 is 16.8 Å². The van der Waals surface area contributed by atoms with Crippen LogP contribution in [0.2, 0.25) is 0 Å². The van der Waals surface area contributed by atoms with Gasteiger partial charge in [0.15, 0.2) is 0 Å². The van der Waals surface area contributed by atoms with Gasteiger partial charge >= 0.3 is 0 Å². The Morgan fingerprint density at radius 2 is 1.64 bits per heavy atom. The van der Waals surface area contributed by atoms with E-state index in [0.717, 1.165) is 40.6 Å². The van der Waals surface area contributed by atoms with E-state index in [4.69, 9.17) is 4.98 Å². The number of fused-ring (bicyclic) bond motifs is 1. The Labute approximate surface area is 168 Å². The number of benzene rings is 2. The largest absolute Gasteiger partial charge is 0.333 e. The molecule has 0 bridgehead atoms. The Morgan fingerprint density at radius 3 is 2.29 bits per heavy atom. The van der Waals surface area contributed by atoms with Crippen LogP contribution in [0.15, 0.2) is 54.6 Å². The van der Waals surface area contributed by atoms with Gasteiger partial charge in [0, 0.05) is 23.0 Å². The first-order valence-electron chi connectivity index (χ1n) is 10.3. The van der Waals surface area contributed by atoms with Crippen molar-refractivity contribution < 1.29 is 4.79 Å². The minimum absolute atomic E-state index is 0.0937. The lowest BCUT2D eigenvalue weighted by Gasteiger charge is -2.34. The number of rotatable bonds is 6. The monoisotopic (exact) mass is 374 g/mol. The van der Waals surface area contributed by atoms with Gasteiger partial charge in [-0.2, -0.15) is 0 Å². The average molecular weight is 375 g/mol. The Balaban J connectivity index is 2.19. The van der Waals surface area contributed by atoms with Gasteiger partial charge in [0.1, 0.15) is 0 Å². The van der Waals surface area contributed by atoms with Gasteiger partial charge < -0.3 is 4.90 Å². The minimum atomic E-state index is 0.0937. The van der Waals surface area contributed by atoms with Crippen molar-refractivity contribution in [3.8, 4) is 11.3 Å². The summed E-state index contributed by atoms with van der Waals surface area (Å²) < 4.78 is 0. The zero-order chi connectivity index (χ0) is 20.3. The molecule has 0 fully saturated rings. The quantitative estimate of drug-likeness (QED) is 0.511. The van der Waals surface area contributed by atoms with Gasteiger partial charge in [-0.3, -0.25) is 4.79 Å². The summed E-state index contributed by atoms with van der Waals surface area (Å²) in [5, 5.41) is 0.917. The van der Waals surface area contributed by atoms with Gasteiger partial charge in [0.2, 0.25) is 0 Å². The fraction of sp³-hybridized carbons (Fsp3) is 0.360. The number of nitrogens with zero attached hydrogens (tertiary/aromatic N) is 2. The molecule has 1 amide bonds. The summed E-state index contributed by atoms with van der Waals surface area (Å²) in [5.41, 5.74) is 4.67. The van der Waals surface area contributed by atoms with Crippen molar-refractivity contribution in [1.29, 1.82) is 0 Å². The van der Waals surface area contributed by atoms with Gasteiger partial charge in [0.25, 0.3) is 5.91 Å². The maximum absolute atomic E-state index is 13.7. The lowest BCUT2D eigenvalue weighted by molar-refractivity contribution is 0.0600. The van der Waals surface area contributed by atoms with Crippen molar-refractivity contribution in [1.82, 2.24) is 9.88 Å². The maximum atomic E-state index is 13.7. The van der Waals surface area contributed by atoms with Crippen LogP contribution in [-0.4, -0.2) is 27.9 Å². The van der Waals surface area contributed by atoms with Crippen molar-refractivity contribution in [3.63, 3.8) is 0 Å². The summed E-state index contributed by atoms with van der Waals surface area (Å²) >= 11 is 0. The van der Waals surface area contributed by atoms with E-state index in [1.165, 1.54) is 5.56 Å². The molecule has 2 atom stereocenters. The number of pyridine rings is 1. The molecule has 3 aromatic rings. The second-order valence-electron chi connectivity index (χ2n) is 7.67. The van der Waals surface area contributed by atoms with Gasteiger partial charge in [-0.25, -0.2) is 4.98 Å². The Kier molecular flexibility index (Phi) is 6.13. The summed E-state index contributed by atoms with van der Waals surface area (Å²) in [6.07, 6.45) is 1.87. The molecular formula is C25H30N2O. The number of hydrogen-bond acceptors (Lipinski definition) is 2. The van der Waals surface area contributed by atoms with Crippen molar-refractivity contribution in [3.05, 3.63) is 65.7 Å². The maximum Gasteiger partial charge on any atom is 0.255 e. The van der Waals surface area contributed by atoms with Gasteiger partial charge in [0.05, 0.1) is 16.8 Å². The van der Waals surface area contributed by atoms with Crippen LogP contribution in [-0.2, 0) is 0 Å². The molecular weight excluding hydrogens is 344 g/mol. The summed E-state index contributed by atoms with van der Waals surface area (Å²) in [6.45, 7) is 10.6. The van der Waals surface area contributed by atoms with Crippen LogP contribution < -0.4 is 0 Å². The Bertz CT molecular complexity index is 969. The normalized spacial score (nSPS) is 13.3. The lowest BCUT2D eigenvalue weighted by Crippen LogP contribution is -2.44. The highest BCUT2D eigenvalue weighted by molar-refractivity contribution is 6.07. The summed E-state index contributed by atoms with van der Waals surface area (Å²) in [6, 6.07) is 18.6. The van der Waals surface area contributed by atoms with E-state index >= 15 is 0 Å². The summed E-state index contributed by atoms with van der Waals surface area (Å²) in [5.74, 6) is 0.0937. The number of hydrogen-bond donors (Lipinski definition) is 0. The predicted molar refractivity (Wildman–Crippen MR) is 118 cm³/mol.